The van der Waals surface area contributed by atoms with E-state index in [4.69, 9.17) is 14.5 Å². The number of aromatic nitrogens is 1. The van der Waals surface area contributed by atoms with Crippen molar-refractivity contribution >= 4 is 33.1 Å². The predicted octanol–water partition coefficient (Wildman–Crippen LogP) is 2.43. The summed E-state index contributed by atoms with van der Waals surface area (Å²) in [6, 6.07) is 13.8. The van der Waals surface area contributed by atoms with Crippen LogP contribution in [0.4, 0.5) is 5.69 Å². The number of rotatable bonds is 4. The van der Waals surface area contributed by atoms with Gasteiger partial charge >= 0.3 is 0 Å². The summed E-state index contributed by atoms with van der Waals surface area (Å²) in [7, 11) is 0. The molecule has 6 nitrogen and oxygen atoms in total. The fourth-order valence-electron chi connectivity index (χ4n) is 3.99. The Balaban J connectivity index is 1.22. The third kappa shape index (κ3) is 3.55. The Morgan fingerprint density at radius 2 is 2.11 bits per heavy atom. The minimum absolute atomic E-state index is 0.0267. The maximum Gasteiger partial charge on any atom is 0.279 e. The normalized spacial score (nSPS) is 21.0. The van der Waals surface area contributed by atoms with Gasteiger partial charge in [0.1, 0.15) is 5.01 Å². The second-order valence-corrected chi connectivity index (χ2v) is 8.42. The van der Waals surface area contributed by atoms with E-state index in [0.717, 1.165) is 42.9 Å². The zero-order valence-corrected chi connectivity index (χ0v) is 16.3. The van der Waals surface area contributed by atoms with E-state index in [2.05, 4.69) is 23.5 Å². The minimum atomic E-state index is 0.0267. The summed E-state index contributed by atoms with van der Waals surface area (Å²) in [5.41, 5.74) is 1.82. The molecule has 5 rings (SSSR count). The molecule has 1 aromatic heterocycles. The number of anilines is 1. The summed E-state index contributed by atoms with van der Waals surface area (Å²) >= 11 is 1.79. The lowest BCUT2D eigenvalue weighted by molar-refractivity contribution is -0.898. The van der Waals surface area contributed by atoms with Crippen LogP contribution in [0.25, 0.3) is 10.2 Å². The van der Waals surface area contributed by atoms with E-state index < -0.39 is 0 Å². The smallest absolute Gasteiger partial charge is 0.279 e. The zero-order chi connectivity index (χ0) is 18.9. The first-order valence-corrected chi connectivity index (χ1v) is 10.4. The number of para-hydroxylation sites is 1. The largest absolute Gasteiger partial charge is 0.454 e. The molecule has 0 bridgehead atoms. The van der Waals surface area contributed by atoms with Gasteiger partial charge in [-0.1, -0.05) is 12.1 Å². The van der Waals surface area contributed by atoms with E-state index in [1.165, 1.54) is 14.6 Å². The van der Waals surface area contributed by atoms with Crippen LogP contribution in [0.5, 0.6) is 11.5 Å². The number of nitrogens with zero attached hydrogens (tertiary/aromatic N) is 1. The van der Waals surface area contributed by atoms with Crippen molar-refractivity contribution in [3.05, 3.63) is 47.5 Å². The number of thiazole rings is 1. The van der Waals surface area contributed by atoms with E-state index in [1.54, 1.807) is 11.3 Å². The van der Waals surface area contributed by atoms with Crippen LogP contribution in [-0.4, -0.2) is 37.3 Å². The number of hydrogen-bond donors (Lipinski definition) is 2. The van der Waals surface area contributed by atoms with Crippen molar-refractivity contribution in [1.29, 1.82) is 0 Å². The van der Waals surface area contributed by atoms with Crippen molar-refractivity contribution in [2.24, 2.45) is 0 Å². The van der Waals surface area contributed by atoms with E-state index >= 15 is 0 Å². The number of fused-ring (bicyclic) bond motifs is 2. The van der Waals surface area contributed by atoms with Crippen molar-refractivity contribution in [1.82, 2.24) is 4.98 Å². The molecule has 0 spiro atoms. The van der Waals surface area contributed by atoms with Crippen LogP contribution in [0.15, 0.2) is 42.5 Å². The lowest BCUT2D eigenvalue weighted by Crippen LogP contribution is -3.14. The van der Waals surface area contributed by atoms with E-state index in [-0.39, 0.29) is 12.7 Å². The fraction of sp³-hybridized carbons (Fsp3) is 0.333. The Morgan fingerprint density at radius 1 is 1.21 bits per heavy atom. The summed E-state index contributed by atoms with van der Waals surface area (Å²) in [5.74, 6) is 1.86. The first-order valence-electron chi connectivity index (χ1n) is 9.63. The molecular formula is C21H22N3O3S+. The number of likely N-dealkylation sites (tertiary alicyclic amines) is 1. The molecule has 0 saturated carbocycles. The molecule has 144 valence electrons. The molecule has 1 fully saturated rings. The van der Waals surface area contributed by atoms with Crippen LogP contribution in [0, 0.1) is 0 Å². The second kappa shape index (κ2) is 7.41. The van der Waals surface area contributed by atoms with Gasteiger partial charge in [0.15, 0.2) is 18.0 Å². The molecule has 2 atom stereocenters. The summed E-state index contributed by atoms with van der Waals surface area (Å²) < 4.78 is 11.9. The average Bonchev–Trinajstić information content (AvgIpc) is 3.34. The molecule has 1 unspecified atom stereocenters. The molecule has 2 N–H and O–H groups in total. The molecule has 3 heterocycles. The summed E-state index contributed by atoms with van der Waals surface area (Å²) in [6.45, 7) is 2.68. The zero-order valence-electron chi connectivity index (χ0n) is 15.4. The van der Waals surface area contributed by atoms with Crippen molar-refractivity contribution in [2.45, 2.75) is 18.8 Å². The lowest BCUT2D eigenvalue weighted by Gasteiger charge is -2.28. The Labute approximate surface area is 167 Å². The summed E-state index contributed by atoms with van der Waals surface area (Å²) in [5, 5.41) is 4.19. The third-order valence-corrected chi connectivity index (χ3v) is 6.54. The number of nitrogens with one attached hydrogen (secondary N) is 2. The van der Waals surface area contributed by atoms with Gasteiger partial charge in [-0.3, -0.25) is 4.79 Å². The van der Waals surface area contributed by atoms with E-state index in [9.17, 15) is 4.79 Å². The van der Waals surface area contributed by atoms with Crippen molar-refractivity contribution in [3.8, 4) is 11.5 Å². The molecule has 2 aliphatic heterocycles. The van der Waals surface area contributed by atoms with Crippen LogP contribution in [-0.2, 0) is 4.79 Å². The molecule has 2 aromatic carbocycles. The SMILES string of the molecule is O=C(C[NH+]1CCC[C@H](c2nc3ccccc3s2)C1)Nc1ccc2c(c1)OCO2. The molecule has 7 heteroatoms. The lowest BCUT2D eigenvalue weighted by atomic mass is 9.99. The van der Waals surface area contributed by atoms with Gasteiger partial charge < -0.3 is 19.7 Å². The number of carbonyl (C=O) groups is 1. The molecule has 1 saturated heterocycles. The number of quaternary nitrogens is 1. The van der Waals surface area contributed by atoms with Crippen molar-refractivity contribution in [3.63, 3.8) is 0 Å². The monoisotopic (exact) mass is 396 g/mol. The van der Waals surface area contributed by atoms with Gasteiger partial charge in [-0.2, -0.15) is 0 Å². The van der Waals surface area contributed by atoms with Gasteiger partial charge in [-0.25, -0.2) is 4.98 Å². The number of carbonyl (C=O) groups excluding carboxylic acids is 1. The first-order chi connectivity index (χ1) is 13.7. The van der Waals surface area contributed by atoms with Crippen LogP contribution in [0.3, 0.4) is 0 Å². The fourth-order valence-corrected chi connectivity index (χ4v) is 5.10. The highest BCUT2D eigenvalue weighted by atomic mass is 32.1. The Bertz CT molecular complexity index is 986. The highest BCUT2D eigenvalue weighted by Crippen LogP contribution is 2.34. The molecule has 0 aliphatic carbocycles. The van der Waals surface area contributed by atoms with Crippen molar-refractivity contribution < 1.29 is 19.2 Å². The maximum atomic E-state index is 12.5. The van der Waals surface area contributed by atoms with Crippen LogP contribution >= 0.6 is 11.3 Å². The number of ether oxygens (including phenoxy) is 2. The highest BCUT2D eigenvalue weighted by Gasteiger charge is 2.28. The van der Waals surface area contributed by atoms with Crippen LogP contribution in [0.2, 0.25) is 0 Å². The van der Waals surface area contributed by atoms with Crippen molar-refractivity contribution in [2.75, 3.05) is 31.7 Å². The molecule has 0 radical (unpaired) electrons. The quantitative estimate of drug-likeness (QED) is 0.711. The van der Waals surface area contributed by atoms with Crippen LogP contribution in [0.1, 0.15) is 23.8 Å². The molecule has 2 aliphatic rings. The Hall–Kier alpha value is -2.64. The van der Waals surface area contributed by atoms with E-state index in [0.29, 0.717) is 18.2 Å². The third-order valence-electron chi connectivity index (χ3n) is 5.34. The number of piperidine rings is 1. The highest BCUT2D eigenvalue weighted by molar-refractivity contribution is 7.18. The first kappa shape index (κ1) is 17.5. The number of amides is 1. The minimum Gasteiger partial charge on any atom is -0.454 e. The van der Waals surface area contributed by atoms with Gasteiger partial charge in [0, 0.05) is 11.8 Å². The average molecular weight is 396 g/mol. The summed E-state index contributed by atoms with van der Waals surface area (Å²) in [6.07, 6.45) is 2.26. The van der Waals surface area contributed by atoms with Crippen LogP contribution < -0.4 is 19.7 Å². The Morgan fingerprint density at radius 3 is 3.04 bits per heavy atom. The number of hydrogen-bond acceptors (Lipinski definition) is 5. The Kier molecular flexibility index (Phi) is 4.62. The molecule has 1 amide bonds. The van der Waals surface area contributed by atoms with Gasteiger partial charge in [0.05, 0.1) is 29.2 Å². The second-order valence-electron chi connectivity index (χ2n) is 7.36. The topological polar surface area (TPSA) is 64.9 Å². The van der Waals surface area contributed by atoms with Gasteiger partial charge in [0.25, 0.3) is 5.91 Å². The molecular weight excluding hydrogens is 374 g/mol. The van der Waals surface area contributed by atoms with Gasteiger partial charge in [-0.05, 0) is 37.1 Å². The molecule has 3 aromatic rings. The summed E-state index contributed by atoms with van der Waals surface area (Å²) in [4.78, 5) is 18.7. The van der Waals surface area contributed by atoms with Gasteiger partial charge in [-0.15, -0.1) is 11.3 Å². The number of benzene rings is 2. The standard InChI is InChI=1S/C21H21N3O3S/c25-20(22-15-7-8-17-18(10-15)27-13-26-17)12-24-9-3-4-14(11-24)21-23-16-5-1-2-6-19(16)28-21/h1-2,5-8,10,14H,3-4,9,11-13H2,(H,22,25)/p+1/t14-/m0/s1. The predicted molar refractivity (Wildman–Crippen MR) is 108 cm³/mol. The molecule has 28 heavy (non-hydrogen) atoms. The van der Waals surface area contributed by atoms with Gasteiger partial charge in [0.2, 0.25) is 6.79 Å². The van der Waals surface area contributed by atoms with E-state index in [1.807, 2.05) is 24.3 Å². The maximum absolute atomic E-state index is 12.5.